The molecule has 0 aliphatic carbocycles. The van der Waals surface area contributed by atoms with Crippen LogP contribution in [-0.2, 0) is 9.53 Å². The fourth-order valence-electron chi connectivity index (χ4n) is 1.68. The molecule has 0 aliphatic rings. The van der Waals surface area contributed by atoms with E-state index in [0.717, 1.165) is 13.1 Å². The van der Waals surface area contributed by atoms with Gasteiger partial charge in [-0.15, -0.1) is 0 Å². The average molecular weight is 215 g/mol. The van der Waals surface area contributed by atoms with Crippen molar-refractivity contribution >= 4 is 5.97 Å². The van der Waals surface area contributed by atoms with E-state index < -0.39 is 0 Å². The van der Waals surface area contributed by atoms with E-state index in [1.54, 1.807) is 0 Å². The van der Waals surface area contributed by atoms with Gasteiger partial charge in [0, 0.05) is 12.6 Å². The van der Waals surface area contributed by atoms with Crippen molar-refractivity contribution in [2.75, 3.05) is 19.7 Å². The fraction of sp³-hybridized carbons (Fsp3) is 0.917. The number of ether oxygens (including phenoxy) is 1. The Balaban J connectivity index is 4.02. The molecule has 0 N–H and O–H groups in total. The van der Waals surface area contributed by atoms with Crippen LogP contribution in [0.1, 0.15) is 41.0 Å². The maximum atomic E-state index is 11.3. The molecular weight excluding hydrogens is 190 g/mol. The van der Waals surface area contributed by atoms with Crippen LogP contribution in [0.4, 0.5) is 0 Å². The third-order valence-electron chi connectivity index (χ3n) is 2.40. The van der Waals surface area contributed by atoms with Crippen molar-refractivity contribution < 1.29 is 9.53 Å². The van der Waals surface area contributed by atoms with Crippen molar-refractivity contribution in [3.63, 3.8) is 0 Å². The average Bonchev–Trinajstić information content (AvgIpc) is 2.13. The molecule has 0 saturated heterocycles. The highest BCUT2D eigenvalue weighted by atomic mass is 16.5. The first kappa shape index (κ1) is 14.4. The minimum Gasteiger partial charge on any atom is -0.466 e. The number of rotatable bonds is 7. The van der Waals surface area contributed by atoms with Crippen molar-refractivity contribution in [2.45, 2.75) is 47.1 Å². The number of hydrogen-bond acceptors (Lipinski definition) is 3. The van der Waals surface area contributed by atoms with Gasteiger partial charge in [-0.05, 0) is 26.3 Å². The highest BCUT2D eigenvalue weighted by Crippen LogP contribution is 2.08. The molecule has 0 bridgehead atoms. The number of carbonyl (C=O) groups excluding carboxylic acids is 1. The molecule has 0 radical (unpaired) electrons. The summed E-state index contributed by atoms with van der Waals surface area (Å²) in [4.78, 5) is 13.6. The standard InChI is InChI=1S/C12H25NO2/c1-6-13(9-10(3)4)11(5)8-12(14)15-7-2/h10-11H,6-9H2,1-5H3. The van der Waals surface area contributed by atoms with Crippen molar-refractivity contribution in [3.8, 4) is 0 Å². The van der Waals surface area contributed by atoms with Crippen LogP contribution in [0, 0.1) is 5.92 Å². The first-order chi connectivity index (χ1) is 7.01. The maximum Gasteiger partial charge on any atom is 0.307 e. The molecule has 90 valence electrons. The van der Waals surface area contributed by atoms with Gasteiger partial charge in [0.15, 0.2) is 0 Å². The molecule has 1 atom stereocenters. The van der Waals surface area contributed by atoms with E-state index in [1.165, 1.54) is 0 Å². The maximum absolute atomic E-state index is 11.3. The third-order valence-corrected chi connectivity index (χ3v) is 2.40. The number of hydrogen-bond donors (Lipinski definition) is 0. The zero-order valence-electron chi connectivity index (χ0n) is 10.7. The molecule has 0 aromatic heterocycles. The summed E-state index contributed by atoms with van der Waals surface area (Å²) in [5.41, 5.74) is 0. The Morgan fingerprint density at radius 3 is 2.27 bits per heavy atom. The van der Waals surface area contributed by atoms with Gasteiger partial charge in [-0.1, -0.05) is 20.8 Å². The lowest BCUT2D eigenvalue weighted by Crippen LogP contribution is -2.37. The van der Waals surface area contributed by atoms with Crippen LogP contribution in [0.25, 0.3) is 0 Å². The molecule has 0 aromatic carbocycles. The number of esters is 1. The summed E-state index contributed by atoms with van der Waals surface area (Å²) >= 11 is 0. The Morgan fingerprint density at radius 2 is 1.87 bits per heavy atom. The Bertz CT molecular complexity index is 180. The van der Waals surface area contributed by atoms with Gasteiger partial charge in [-0.2, -0.15) is 0 Å². The van der Waals surface area contributed by atoms with Gasteiger partial charge in [0.2, 0.25) is 0 Å². The molecule has 0 aromatic rings. The van der Waals surface area contributed by atoms with E-state index >= 15 is 0 Å². The van der Waals surface area contributed by atoms with E-state index in [0.29, 0.717) is 18.9 Å². The lowest BCUT2D eigenvalue weighted by Gasteiger charge is -2.28. The van der Waals surface area contributed by atoms with Crippen molar-refractivity contribution in [2.24, 2.45) is 5.92 Å². The van der Waals surface area contributed by atoms with E-state index in [-0.39, 0.29) is 12.0 Å². The van der Waals surface area contributed by atoms with E-state index in [1.807, 2.05) is 6.92 Å². The summed E-state index contributed by atoms with van der Waals surface area (Å²) in [6.45, 7) is 12.9. The summed E-state index contributed by atoms with van der Waals surface area (Å²) in [7, 11) is 0. The third kappa shape index (κ3) is 6.50. The van der Waals surface area contributed by atoms with E-state index in [2.05, 4.69) is 32.6 Å². The molecular formula is C12H25NO2. The normalized spacial score (nSPS) is 13.3. The highest BCUT2D eigenvalue weighted by Gasteiger charge is 2.17. The fourth-order valence-corrected chi connectivity index (χ4v) is 1.68. The van der Waals surface area contributed by atoms with Crippen LogP contribution in [0.2, 0.25) is 0 Å². The first-order valence-electron chi connectivity index (χ1n) is 5.90. The van der Waals surface area contributed by atoms with Gasteiger partial charge in [0.25, 0.3) is 0 Å². The molecule has 0 aliphatic heterocycles. The number of nitrogens with zero attached hydrogens (tertiary/aromatic N) is 1. The quantitative estimate of drug-likeness (QED) is 0.610. The predicted molar refractivity (Wildman–Crippen MR) is 62.8 cm³/mol. The summed E-state index contributed by atoms with van der Waals surface area (Å²) in [5.74, 6) is 0.543. The molecule has 0 saturated carbocycles. The summed E-state index contributed by atoms with van der Waals surface area (Å²) in [6.07, 6.45) is 0.494. The monoisotopic (exact) mass is 215 g/mol. The Hall–Kier alpha value is -0.570. The molecule has 3 nitrogen and oxygen atoms in total. The van der Waals surface area contributed by atoms with E-state index in [4.69, 9.17) is 4.74 Å². The lowest BCUT2D eigenvalue weighted by molar-refractivity contribution is -0.144. The van der Waals surface area contributed by atoms with E-state index in [9.17, 15) is 4.79 Å². The zero-order chi connectivity index (χ0) is 11.8. The van der Waals surface area contributed by atoms with Crippen LogP contribution < -0.4 is 0 Å². The predicted octanol–water partition coefficient (Wildman–Crippen LogP) is 2.31. The van der Waals surface area contributed by atoms with Crippen molar-refractivity contribution in [1.29, 1.82) is 0 Å². The lowest BCUT2D eigenvalue weighted by atomic mass is 10.1. The van der Waals surface area contributed by atoms with Crippen molar-refractivity contribution in [1.82, 2.24) is 4.90 Å². The minimum absolute atomic E-state index is 0.0905. The Morgan fingerprint density at radius 1 is 1.27 bits per heavy atom. The largest absolute Gasteiger partial charge is 0.466 e. The van der Waals surface area contributed by atoms with Gasteiger partial charge in [-0.3, -0.25) is 4.79 Å². The summed E-state index contributed by atoms with van der Waals surface area (Å²) in [6, 6.07) is 0.274. The molecule has 1 unspecified atom stereocenters. The van der Waals surface area contributed by atoms with Crippen LogP contribution in [-0.4, -0.2) is 36.6 Å². The Labute approximate surface area is 93.8 Å². The van der Waals surface area contributed by atoms with Gasteiger partial charge in [0.05, 0.1) is 13.0 Å². The van der Waals surface area contributed by atoms with Gasteiger partial charge >= 0.3 is 5.97 Å². The molecule has 0 heterocycles. The van der Waals surface area contributed by atoms with Crippen molar-refractivity contribution in [3.05, 3.63) is 0 Å². The molecule has 0 amide bonds. The second kappa shape index (κ2) is 7.69. The molecule has 0 rings (SSSR count). The SMILES string of the molecule is CCOC(=O)CC(C)N(CC)CC(C)C. The molecule has 15 heavy (non-hydrogen) atoms. The topological polar surface area (TPSA) is 29.5 Å². The first-order valence-corrected chi connectivity index (χ1v) is 5.90. The van der Waals surface area contributed by atoms with Crippen LogP contribution in [0.3, 0.4) is 0 Å². The summed E-state index contributed by atoms with van der Waals surface area (Å²) < 4.78 is 4.95. The van der Waals surface area contributed by atoms with Crippen LogP contribution in [0.15, 0.2) is 0 Å². The second-order valence-corrected chi connectivity index (χ2v) is 4.34. The molecule has 0 spiro atoms. The number of carbonyl (C=O) groups is 1. The van der Waals surface area contributed by atoms with Crippen LogP contribution >= 0.6 is 0 Å². The van der Waals surface area contributed by atoms with Gasteiger partial charge in [-0.25, -0.2) is 0 Å². The van der Waals surface area contributed by atoms with Gasteiger partial charge in [0.1, 0.15) is 0 Å². The molecule has 0 fully saturated rings. The summed E-state index contributed by atoms with van der Waals surface area (Å²) in [5, 5.41) is 0. The zero-order valence-corrected chi connectivity index (χ0v) is 10.7. The smallest absolute Gasteiger partial charge is 0.307 e. The highest BCUT2D eigenvalue weighted by molar-refractivity contribution is 5.70. The Kier molecular flexibility index (Phi) is 7.39. The van der Waals surface area contributed by atoms with Crippen LogP contribution in [0.5, 0.6) is 0 Å². The second-order valence-electron chi connectivity index (χ2n) is 4.34. The van der Waals surface area contributed by atoms with Gasteiger partial charge < -0.3 is 9.64 Å². The minimum atomic E-state index is -0.0905. The molecule has 3 heteroatoms.